The second-order valence-corrected chi connectivity index (χ2v) is 3.85. The van der Waals surface area contributed by atoms with Gasteiger partial charge in [0.15, 0.2) is 0 Å². The van der Waals surface area contributed by atoms with Crippen molar-refractivity contribution in [3.63, 3.8) is 0 Å². The fourth-order valence-electron chi connectivity index (χ4n) is 1.36. The smallest absolute Gasteiger partial charge is 0.123 e. The van der Waals surface area contributed by atoms with Crippen LogP contribution in [0.3, 0.4) is 0 Å². The molecule has 1 aromatic heterocycles. The van der Waals surface area contributed by atoms with E-state index in [2.05, 4.69) is 10.3 Å². The number of benzene rings is 1. The third-order valence-electron chi connectivity index (χ3n) is 2.15. The van der Waals surface area contributed by atoms with E-state index >= 15 is 0 Å². The van der Waals surface area contributed by atoms with Crippen LogP contribution in [-0.4, -0.2) is 4.98 Å². The topological polar surface area (TPSA) is 50.9 Å². The van der Waals surface area contributed by atoms with Gasteiger partial charge in [0.05, 0.1) is 12.2 Å². The second kappa shape index (κ2) is 4.86. The van der Waals surface area contributed by atoms with Gasteiger partial charge in [0.1, 0.15) is 5.82 Å². The van der Waals surface area contributed by atoms with Gasteiger partial charge in [-0.2, -0.15) is 0 Å². The summed E-state index contributed by atoms with van der Waals surface area (Å²) in [5.41, 5.74) is 7.51. The molecule has 16 heavy (non-hydrogen) atoms. The molecule has 2 rings (SSSR count). The minimum atomic E-state index is 0.537. The molecule has 1 aromatic carbocycles. The molecule has 0 saturated heterocycles. The van der Waals surface area contributed by atoms with E-state index < -0.39 is 0 Å². The Morgan fingerprint density at radius 2 is 1.88 bits per heavy atom. The Bertz CT molecular complexity index is 468. The Morgan fingerprint density at radius 1 is 1.12 bits per heavy atom. The van der Waals surface area contributed by atoms with Gasteiger partial charge in [-0.05, 0) is 36.4 Å². The molecule has 3 N–H and O–H groups in total. The number of halogens is 1. The molecule has 0 unspecified atom stereocenters. The highest BCUT2D eigenvalue weighted by atomic mass is 35.5. The number of nitrogens with zero attached hydrogens (tertiary/aromatic N) is 1. The third-order valence-corrected chi connectivity index (χ3v) is 2.40. The summed E-state index contributed by atoms with van der Waals surface area (Å²) in [6, 6.07) is 13.1. The van der Waals surface area contributed by atoms with Crippen molar-refractivity contribution in [1.82, 2.24) is 4.98 Å². The molecule has 82 valence electrons. The predicted octanol–water partition coefficient (Wildman–Crippen LogP) is 2.93. The maximum Gasteiger partial charge on any atom is 0.123 e. The lowest BCUT2D eigenvalue weighted by molar-refractivity contribution is 1.05. The Hall–Kier alpha value is -1.74. The number of hydrogen-bond donors (Lipinski definition) is 2. The standard InChI is InChI=1S/C12H12ClN3/c13-9-4-6-10(7-5-9)15-8-11-2-1-3-12(14)16-11/h1-7,15H,8H2,(H2,14,16). The molecule has 3 nitrogen and oxygen atoms in total. The summed E-state index contributed by atoms with van der Waals surface area (Å²) in [6.07, 6.45) is 0. The largest absolute Gasteiger partial charge is 0.384 e. The maximum absolute atomic E-state index is 5.79. The zero-order valence-corrected chi connectivity index (χ0v) is 9.41. The van der Waals surface area contributed by atoms with Crippen molar-refractivity contribution in [2.45, 2.75) is 6.54 Å². The first kappa shape index (κ1) is 10.8. The van der Waals surface area contributed by atoms with Gasteiger partial charge < -0.3 is 11.1 Å². The number of nitrogens with two attached hydrogens (primary N) is 1. The van der Waals surface area contributed by atoms with Gasteiger partial charge in [-0.1, -0.05) is 17.7 Å². The summed E-state index contributed by atoms with van der Waals surface area (Å²) in [5.74, 6) is 0.537. The SMILES string of the molecule is Nc1cccc(CNc2ccc(Cl)cc2)n1. The van der Waals surface area contributed by atoms with Crippen molar-refractivity contribution in [1.29, 1.82) is 0 Å². The quantitative estimate of drug-likeness (QED) is 0.857. The van der Waals surface area contributed by atoms with Crippen LogP contribution in [0.5, 0.6) is 0 Å². The fourth-order valence-corrected chi connectivity index (χ4v) is 1.48. The van der Waals surface area contributed by atoms with Crippen molar-refractivity contribution in [3.8, 4) is 0 Å². The second-order valence-electron chi connectivity index (χ2n) is 3.41. The van der Waals surface area contributed by atoms with Crippen molar-refractivity contribution in [2.75, 3.05) is 11.1 Å². The molecule has 0 aliphatic carbocycles. The highest BCUT2D eigenvalue weighted by Crippen LogP contribution is 2.14. The third kappa shape index (κ3) is 2.87. The number of aromatic nitrogens is 1. The summed E-state index contributed by atoms with van der Waals surface area (Å²) < 4.78 is 0. The molecule has 4 heteroatoms. The Balaban J connectivity index is 1.99. The molecule has 0 atom stereocenters. The lowest BCUT2D eigenvalue weighted by Crippen LogP contribution is -2.02. The van der Waals surface area contributed by atoms with Crippen LogP contribution in [0.4, 0.5) is 11.5 Å². The fraction of sp³-hybridized carbons (Fsp3) is 0.0833. The summed E-state index contributed by atoms with van der Waals surface area (Å²) in [5, 5.41) is 3.97. The van der Waals surface area contributed by atoms with E-state index in [1.165, 1.54) is 0 Å². The summed E-state index contributed by atoms with van der Waals surface area (Å²) in [4.78, 5) is 4.20. The molecule has 0 radical (unpaired) electrons. The van der Waals surface area contributed by atoms with Gasteiger partial charge in [0, 0.05) is 10.7 Å². The molecule has 0 saturated carbocycles. The first-order valence-corrected chi connectivity index (χ1v) is 5.33. The normalized spacial score (nSPS) is 10.1. The number of anilines is 2. The van der Waals surface area contributed by atoms with E-state index in [1.807, 2.05) is 36.4 Å². The van der Waals surface area contributed by atoms with Crippen molar-refractivity contribution in [2.24, 2.45) is 0 Å². The molecular formula is C12H12ClN3. The molecule has 0 aliphatic heterocycles. The average molecular weight is 234 g/mol. The summed E-state index contributed by atoms with van der Waals surface area (Å²) in [6.45, 7) is 0.646. The van der Waals surface area contributed by atoms with Crippen LogP contribution in [0.2, 0.25) is 5.02 Å². The van der Waals surface area contributed by atoms with E-state index in [0.717, 1.165) is 16.4 Å². The molecule has 1 heterocycles. The minimum absolute atomic E-state index is 0.537. The zero-order chi connectivity index (χ0) is 11.4. The van der Waals surface area contributed by atoms with E-state index in [9.17, 15) is 0 Å². The van der Waals surface area contributed by atoms with Gasteiger partial charge in [-0.3, -0.25) is 0 Å². The first-order valence-electron chi connectivity index (χ1n) is 4.95. The minimum Gasteiger partial charge on any atom is -0.384 e. The molecule has 0 amide bonds. The molecule has 2 aromatic rings. The lowest BCUT2D eigenvalue weighted by atomic mass is 10.3. The maximum atomic E-state index is 5.79. The van der Waals surface area contributed by atoms with Crippen LogP contribution >= 0.6 is 11.6 Å². The Kier molecular flexibility index (Phi) is 3.27. The molecular weight excluding hydrogens is 222 g/mol. The molecule has 0 fully saturated rings. The van der Waals surface area contributed by atoms with E-state index in [0.29, 0.717) is 12.4 Å². The van der Waals surface area contributed by atoms with E-state index in [1.54, 1.807) is 6.07 Å². The highest BCUT2D eigenvalue weighted by molar-refractivity contribution is 6.30. The van der Waals surface area contributed by atoms with Crippen LogP contribution in [0.15, 0.2) is 42.5 Å². The Labute approximate surface area is 99.3 Å². The van der Waals surface area contributed by atoms with Gasteiger partial charge in [0.2, 0.25) is 0 Å². The zero-order valence-electron chi connectivity index (χ0n) is 8.65. The van der Waals surface area contributed by atoms with Crippen molar-refractivity contribution in [3.05, 3.63) is 53.2 Å². The Morgan fingerprint density at radius 3 is 2.56 bits per heavy atom. The highest BCUT2D eigenvalue weighted by Gasteiger charge is 1.96. The van der Waals surface area contributed by atoms with E-state index in [-0.39, 0.29) is 0 Å². The van der Waals surface area contributed by atoms with E-state index in [4.69, 9.17) is 17.3 Å². The monoisotopic (exact) mass is 233 g/mol. The van der Waals surface area contributed by atoms with Crippen LogP contribution in [0.25, 0.3) is 0 Å². The van der Waals surface area contributed by atoms with Gasteiger partial charge in [-0.25, -0.2) is 4.98 Å². The van der Waals surface area contributed by atoms with Crippen LogP contribution in [0, 0.1) is 0 Å². The lowest BCUT2D eigenvalue weighted by Gasteiger charge is -2.06. The van der Waals surface area contributed by atoms with Crippen LogP contribution in [0.1, 0.15) is 5.69 Å². The summed E-state index contributed by atoms with van der Waals surface area (Å²) >= 11 is 5.79. The number of rotatable bonds is 3. The molecule has 0 bridgehead atoms. The van der Waals surface area contributed by atoms with Gasteiger partial charge in [-0.15, -0.1) is 0 Å². The van der Waals surface area contributed by atoms with Gasteiger partial charge >= 0.3 is 0 Å². The summed E-state index contributed by atoms with van der Waals surface area (Å²) in [7, 11) is 0. The van der Waals surface area contributed by atoms with Crippen LogP contribution < -0.4 is 11.1 Å². The number of hydrogen-bond acceptors (Lipinski definition) is 3. The molecule has 0 spiro atoms. The number of pyridine rings is 1. The van der Waals surface area contributed by atoms with Crippen LogP contribution in [-0.2, 0) is 6.54 Å². The van der Waals surface area contributed by atoms with Gasteiger partial charge in [0.25, 0.3) is 0 Å². The number of nitrogen functional groups attached to an aromatic ring is 1. The molecule has 0 aliphatic rings. The van der Waals surface area contributed by atoms with Crippen molar-refractivity contribution < 1.29 is 0 Å². The predicted molar refractivity (Wildman–Crippen MR) is 67.4 cm³/mol. The average Bonchev–Trinajstić information content (AvgIpc) is 2.28. The first-order chi connectivity index (χ1) is 7.74. The number of nitrogens with one attached hydrogen (secondary N) is 1. The van der Waals surface area contributed by atoms with Crippen molar-refractivity contribution >= 4 is 23.1 Å².